The molecule has 0 radical (unpaired) electrons. The smallest absolute Gasteiger partial charge is 0.279 e. The zero-order chi connectivity index (χ0) is 5.98. The van der Waals surface area contributed by atoms with Gasteiger partial charge in [0.1, 0.15) is 13.6 Å². The third-order valence-corrected chi connectivity index (χ3v) is 1.42. The first-order chi connectivity index (χ1) is 3.84. The van der Waals surface area contributed by atoms with Gasteiger partial charge in [-0.1, -0.05) is 0 Å². The fourth-order valence-electron chi connectivity index (χ4n) is 0.898. The van der Waals surface area contributed by atoms with Gasteiger partial charge in [-0.15, -0.1) is 0 Å². The van der Waals surface area contributed by atoms with Crippen molar-refractivity contribution in [2.75, 3.05) is 13.6 Å². The molecule has 1 rings (SSSR count). The van der Waals surface area contributed by atoms with Crippen LogP contribution < -0.4 is 0 Å². The topological polar surface area (TPSA) is 32.5 Å². The minimum absolute atomic E-state index is 0.685. The quantitative estimate of drug-likeness (QED) is 0.280. The van der Waals surface area contributed by atoms with Gasteiger partial charge < -0.3 is 0 Å². The van der Waals surface area contributed by atoms with E-state index in [-0.39, 0.29) is 0 Å². The van der Waals surface area contributed by atoms with Gasteiger partial charge in [0.15, 0.2) is 0 Å². The first-order valence-corrected chi connectivity index (χ1v) is 2.73. The van der Waals surface area contributed by atoms with Crippen LogP contribution in [0.5, 0.6) is 0 Å². The second-order valence-electron chi connectivity index (χ2n) is 2.01. The Morgan fingerprint density at radius 3 is 2.75 bits per heavy atom. The lowest BCUT2D eigenvalue weighted by molar-refractivity contribution is -0.505. The highest BCUT2D eigenvalue weighted by atomic mass is 17.1. The van der Waals surface area contributed by atoms with Crippen LogP contribution in [0.15, 0.2) is 0 Å². The van der Waals surface area contributed by atoms with Crippen molar-refractivity contribution in [3.63, 3.8) is 0 Å². The minimum Gasteiger partial charge on any atom is -0.279 e. The van der Waals surface area contributed by atoms with Crippen molar-refractivity contribution in [2.45, 2.75) is 12.8 Å². The van der Waals surface area contributed by atoms with Crippen molar-refractivity contribution in [3.8, 4) is 0 Å². The van der Waals surface area contributed by atoms with Crippen LogP contribution in [0.4, 0.5) is 0 Å². The molecule has 0 bridgehead atoms. The molecule has 46 valence electrons. The largest absolute Gasteiger partial charge is 0.369 e. The molecule has 0 aromatic carbocycles. The highest BCUT2D eigenvalue weighted by Gasteiger charge is 2.19. The molecule has 0 unspecified atom stereocenters. The summed E-state index contributed by atoms with van der Waals surface area (Å²) in [5.41, 5.74) is 0. The lowest BCUT2D eigenvalue weighted by Crippen LogP contribution is -2.10. The van der Waals surface area contributed by atoms with Crippen LogP contribution in [-0.4, -0.2) is 29.3 Å². The van der Waals surface area contributed by atoms with Gasteiger partial charge in [-0.05, 0) is 0 Å². The van der Waals surface area contributed by atoms with E-state index in [0.29, 0.717) is 5.90 Å². The van der Waals surface area contributed by atoms with Gasteiger partial charge in [0.2, 0.25) is 0 Å². The molecule has 3 heteroatoms. The van der Waals surface area contributed by atoms with E-state index < -0.39 is 0 Å². The SMILES string of the molecule is C[N+]1=C(OO)CCC1. The standard InChI is InChI=1S/C5H9NO2/c1-6-4-2-3-5(6)8-7/h2-4H2,1H3/p+1. The van der Waals surface area contributed by atoms with E-state index in [1.807, 2.05) is 11.6 Å². The maximum Gasteiger partial charge on any atom is 0.369 e. The molecular weight excluding hydrogens is 106 g/mol. The van der Waals surface area contributed by atoms with Crippen molar-refractivity contribution in [3.05, 3.63) is 0 Å². The maximum atomic E-state index is 8.16. The second kappa shape index (κ2) is 2.13. The third kappa shape index (κ3) is 0.816. The zero-order valence-electron chi connectivity index (χ0n) is 4.92. The van der Waals surface area contributed by atoms with Gasteiger partial charge in [-0.25, -0.2) is 4.58 Å². The Labute approximate surface area is 48.1 Å². The normalized spacial score (nSPS) is 19.8. The summed E-state index contributed by atoms with van der Waals surface area (Å²) in [5, 5.41) is 8.16. The Kier molecular flexibility index (Phi) is 1.48. The second-order valence-corrected chi connectivity index (χ2v) is 2.01. The minimum atomic E-state index is 0.685. The monoisotopic (exact) mass is 116 g/mol. The summed E-state index contributed by atoms with van der Waals surface area (Å²) < 4.78 is 1.90. The number of nitrogens with zero attached hydrogens (tertiary/aromatic N) is 1. The third-order valence-electron chi connectivity index (χ3n) is 1.42. The van der Waals surface area contributed by atoms with Gasteiger partial charge >= 0.3 is 5.90 Å². The maximum absolute atomic E-state index is 8.16. The van der Waals surface area contributed by atoms with E-state index in [0.717, 1.165) is 19.4 Å². The summed E-state index contributed by atoms with van der Waals surface area (Å²) in [6.45, 7) is 0.996. The van der Waals surface area contributed by atoms with E-state index in [1.54, 1.807) is 0 Å². The van der Waals surface area contributed by atoms with Crippen LogP contribution in [0.1, 0.15) is 12.8 Å². The Hall–Kier alpha value is -0.570. The zero-order valence-corrected chi connectivity index (χ0v) is 4.92. The van der Waals surface area contributed by atoms with Crippen LogP contribution in [0.25, 0.3) is 0 Å². The first-order valence-electron chi connectivity index (χ1n) is 2.73. The van der Waals surface area contributed by atoms with Gasteiger partial charge in [0, 0.05) is 6.42 Å². The molecule has 1 aliphatic rings. The fourth-order valence-corrected chi connectivity index (χ4v) is 0.898. The molecule has 0 aromatic rings. The average molecular weight is 116 g/mol. The lowest BCUT2D eigenvalue weighted by atomic mass is 10.4. The van der Waals surface area contributed by atoms with Gasteiger partial charge in [0.05, 0.1) is 6.42 Å². The molecule has 0 spiro atoms. The molecule has 0 saturated carbocycles. The summed E-state index contributed by atoms with van der Waals surface area (Å²) in [6.07, 6.45) is 1.96. The Morgan fingerprint density at radius 2 is 2.50 bits per heavy atom. The molecule has 1 heterocycles. The van der Waals surface area contributed by atoms with Crippen molar-refractivity contribution in [1.82, 2.24) is 0 Å². The van der Waals surface area contributed by atoms with E-state index in [2.05, 4.69) is 4.89 Å². The summed E-state index contributed by atoms with van der Waals surface area (Å²) in [5.74, 6) is 0.685. The van der Waals surface area contributed by atoms with E-state index in [1.165, 1.54) is 0 Å². The Morgan fingerprint density at radius 1 is 1.75 bits per heavy atom. The first kappa shape index (κ1) is 5.56. The summed E-state index contributed by atoms with van der Waals surface area (Å²) in [6, 6.07) is 0. The molecule has 0 saturated heterocycles. The van der Waals surface area contributed by atoms with Crippen LogP contribution in [0.3, 0.4) is 0 Å². The lowest BCUT2D eigenvalue weighted by Gasteiger charge is -1.87. The Balaban J connectivity index is 2.58. The predicted octanol–water partition coefficient (Wildman–Crippen LogP) is 0.311. The number of hydrogen-bond donors (Lipinski definition) is 1. The highest BCUT2D eigenvalue weighted by molar-refractivity contribution is 5.70. The summed E-state index contributed by atoms with van der Waals surface area (Å²) in [7, 11) is 1.90. The molecule has 1 aliphatic heterocycles. The molecule has 1 N–H and O–H groups in total. The molecule has 0 amide bonds. The molecular formula is C5H10NO2+. The number of rotatable bonds is 0. The van der Waals surface area contributed by atoms with Gasteiger partial charge in [-0.2, -0.15) is 5.26 Å². The molecule has 0 aliphatic carbocycles. The van der Waals surface area contributed by atoms with Gasteiger partial charge in [0.25, 0.3) is 0 Å². The van der Waals surface area contributed by atoms with Crippen LogP contribution in [0, 0.1) is 0 Å². The van der Waals surface area contributed by atoms with Crippen molar-refractivity contribution < 1.29 is 14.7 Å². The molecule has 0 fully saturated rings. The fraction of sp³-hybridized carbons (Fsp3) is 0.800. The summed E-state index contributed by atoms with van der Waals surface area (Å²) >= 11 is 0. The van der Waals surface area contributed by atoms with E-state index in [4.69, 9.17) is 5.26 Å². The highest BCUT2D eigenvalue weighted by Crippen LogP contribution is 2.01. The van der Waals surface area contributed by atoms with E-state index >= 15 is 0 Å². The van der Waals surface area contributed by atoms with E-state index in [9.17, 15) is 0 Å². The average Bonchev–Trinajstić information content (AvgIpc) is 2.14. The van der Waals surface area contributed by atoms with Crippen LogP contribution in [0.2, 0.25) is 0 Å². The Bertz CT molecular complexity index is 120. The van der Waals surface area contributed by atoms with Crippen molar-refractivity contribution in [1.29, 1.82) is 0 Å². The van der Waals surface area contributed by atoms with Crippen LogP contribution >= 0.6 is 0 Å². The summed E-state index contributed by atoms with van der Waals surface area (Å²) in [4.78, 5) is 4.07. The number of hydrogen-bond acceptors (Lipinski definition) is 2. The van der Waals surface area contributed by atoms with Crippen LogP contribution in [-0.2, 0) is 4.89 Å². The predicted molar refractivity (Wildman–Crippen MR) is 29.0 cm³/mol. The molecule has 0 atom stereocenters. The molecule has 3 nitrogen and oxygen atoms in total. The molecule has 0 aromatic heterocycles. The van der Waals surface area contributed by atoms with Crippen molar-refractivity contribution >= 4 is 5.90 Å². The van der Waals surface area contributed by atoms with Gasteiger partial charge in [-0.3, -0.25) is 4.89 Å². The molecule has 8 heavy (non-hydrogen) atoms. The van der Waals surface area contributed by atoms with Crippen molar-refractivity contribution in [2.24, 2.45) is 0 Å².